The molecule has 0 radical (unpaired) electrons. The zero-order valence-corrected chi connectivity index (χ0v) is 16.6. The van der Waals surface area contributed by atoms with Crippen molar-refractivity contribution in [2.45, 2.75) is 44.8 Å². The van der Waals surface area contributed by atoms with Crippen LogP contribution < -0.4 is 33.2 Å². The van der Waals surface area contributed by atoms with Crippen molar-refractivity contribution < 1.29 is 29.4 Å². The summed E-state index contributed by atoms with van der Waals surface area (Å²) in [5, 5.41) is 25.5. The van der Waals surface area contributed by atoms with Crippen molar-refractivity contribution in [1.29, 1.82) is 0 Å². The molecule has 3 amide bonds. The SMILES string of the molecule is CC(C)[C@H](NC(=O)[C@H](CCCN=C(N)N)NC(=O)[C@H](CO)NC(=O)CN)C(=O)O. The molecule has 3 atom stereocenters. The lowest BCUT2D eigenvalue weighted by atomic mass is 10.0. The van der Waals surface area contributed by atoms with Crippen LogP contribution in [-0.4, -0.2) is 77.7 Å². The highest BCUT2D eigenvalue weighted by Crippen LogP contribution is 2.05. The van der Waals surface area contributed by atoms with E-state index >= 15 is 0 Å². The van der Waals surface area contributed by atoms with Gasteiger partial charge in [-0.05, 0) is 18.8 Å². The van der Waals surface area contributed by atoms with E-state index in [1.807, 2.05) is 0 Å². The average Bonchev–Trinajstić information content (AvgIpc) is 2.64. The molecule has 0 saturated carbocycles. The molecule has 0 aliphatic heterocycles. The minimum atomic E-state index is -1.32. The zero-order valence-electron chi connectivity index (χ0n) is 16.6. The number of aliphatic hydroxyl groups is 1. The van der Waals surface area contributed by atoms with E-state index in [0.717, 1.165) is 0 Å². The van der Waals surface area contributed by atoms with Crippen LogP contribution in [-0.2, 0) is 19.2 Å². The van der Waals surface area contributed by atoms with Crippen LogP contribution in [0.15, 0.2) is 4.99 Å². The van der Waals surface area contributed by atoms with Crippen molar-refractivity contribution in [1.82, 2.24) is 16.0 Å². The molecule has 0 saturated heterocycles. The van der Waals surface area contributed by atoms with Gasteiger partial charge in [-0.25, -0.2) is 4.79 Å². The van der Waals surface area contributed by atoms with Gasteiger partial charge in [-0.2, -0.15) is 0 Å². The third-order valence-corrected chi connectivity index (χ3v) is 3.83. The van der Waals surface area contributed by atoms with Gasteiger partial charge < -0.3 is 43.4 Å². The Morgan fingerprint density at radius 3 is 2.03 bits per heavy atom. The summed E-state index contributed by atoms with van der Waals surface area (Å²) >= 11 is 0. The third kappa shape index (κ3) is 10.3. The molecule has 13 nitrogen and oxygen atoms in total. The van der Waals surface area contributed by atoms with Crippen molar-refractivity contribution in [2.24, 2.45) is 28.1 Å². The number of aliphatic carboxylic acids is 1. The van der Waals surface area contributed by atoms with E-state index in [9.17, 15) is 29.4 Å². The maximum absolute atomic E-state index is 12.6. The molecule has 0 fully saturated rings. The van der Waals surface area contributed by atoms with Gasteiger partial charge in [0.05, 0.1) is 13.2 Å². The summed E-state index contributed by atoms with van der Waals surface area (Å²) < 4.78 is 0. The van der Waals surface area contributed by atoms with Crippen molar-refractivity contribution in [2.75, 3.05) is 19.7 Å². The van der Waals surface area contributed by atoms with Gasteiger partial charge in [-0.1, -0.05) is 13.8 Å². The Balaban J connectivity index is 5.27. The summed E-state index contributed by atoms with van der Waals surface area (Å²) in [7, 11) is 0. The lowest BCUT2D eigenvalue weighted by Crippen LogP contribution is -2.57. The van der Waals surface area contributed by atoms with Gasteiger partial charge in [0.1, 0.15) is 18.1 Å². The molecule has 166 valence electrons. The average molecular weight is 417 g/mol. The van der Waals surface area contributed by atoms with Gasteiger partial charge in [0.2, 0.25) is 17.7 Å². The molecule has 11 N–H and O–H groups in total. The number of amides is 3. The Hall–Kier alpha value is -2.93. The number of carboxylic acids is 1. The molecule has 29 heavy (non-hydrogen) atoms. The maximum Gasteiger partial charge on any atom is 0.326 e. The smallest absolute Gasteiger partial charge is 0.326 e. The summed E-state index contributed by atoms with van der Waals surface area (Å²) in [4.78, 5) is 51.4. The van der Waals surface area contributed by atoms with Crippen molar-refractivity contribution in [3.8, 4) is 0 Å². The number of hydrogen-bond donors (Lipinski definition) is 8. The monoisotopic (exact) mass is 417 g/mol. The molecular formula is C16H31N7O6. The number of aliphatic imine (C=N–C) groups is 1. The number of aliphatic hydroxyl groups excluding tert-OH is 1. The number of carbonyl (C=O) groups is 4. The number of guanidine groups is 1. The molecular weight excluding hydrogens is 386 g/mol. The second-order valence-corrected chi connectivity index (χ2v) is 6.59. The molecule has 0 aliphatic carbocycles. The van der Waals surface area contributed by atoms with Crippen LogP contribution in [0.4, 0.5) is 0 Å². The third-order valence-electron chi connectivity index (χ3n) is 3.83. The molecule has 0 rings (SSSR count). The highest BCUT2D eigenvalue weighted by molar-refractivity contribution is 5.93. The van der Waals surface area contributed by atoms with Gasteiger partial charge in [0.15, 0.2) is 5.96 Å². The first kappa shape index (κ1) is 26.1. The molecule has 0 aromatic heterocycles. The Morgan fingerprint density at radius 1 is 1.00 bits per heavy atom. The number of nitrogens with one attached hydrogen (secondary N) is 3. The maximum atomic E-state index is 12.6. The number of nitrogens with two attached hydrogens (primary N) is 3. The zero-order chi connectivity index (χ0) is 22.6. The minimum absolute atomic E-state index is 0.0851. The predicted octanol–water partition coefficient (Wildman–Crippen LogP) is -3.81. The van der Waals surface area contributed by atoms with Crippen LogP contribution in [0.1, 0.15) is 26.7 Å². The Morgan fingerprint density at radius 2 is 1.59 bits per heavy atom. The van der Waals surface area contributed by atoms with Crippen LogP contribution in [0.2, 0.25) is 0 Å². The lowest BCUT2D eigenvalue weighted by Gasteiger charge is -2.25. The quantitative estimate of drug-likeness (QED) is 0.0831. The molecule has 0 aromatic carbocycles. The first-order valence-corrected chi connectivity index (χ1v) is 9.02. The van der Waals surface area contributed by atoms with Crippen LogP contribution in [0, 0.1) is 5.92 Å². The van der Waals surface area contributed by atoms with E-state index in [2.05, 4.69) is 20.9 Å². The number of nitrogens with zero attached hydrogens (tertiary/aromatic N) is 1. The van der Waals surface area contributed by atoms with Crippen LogP contribution in [0.3, 0.4) is 0 Å². The molecule has 0 aromatic rings. The van der Waals surface area contributed by atoms with Gasteiger partial charge >= 0.3 is 5.97 Å². The highest BCUT2D eigenvalue weighted by Gasteiger charge is 2.30. The highest BCUT2D eigenvalue weighted by atomic mass is 16.4. The number of carboxylic acid groups (broad SMARTS) is 1. The summed E-state index contributed by atoms with van der Waals surface area (Å²) in [6.45, 7) is 2.32. The topological polar surface area (TPSA) is 235 Å². The first-order chi connectivity index (χ1) is 13.5. The summed E-state index contributed by atoms with van der Waals surface area (Å²) in [6, 6.07) is -3.62. The van der Waals surface area contributed by atoms with Crippen LogP contribution in [0.5, 0.6) is 0 Å². The fraction of sp³-hybridized carbons (Fsp3) is 0.688. The number of hydrogen-bond acceptors (Lipinski definition) is 7. The molecule has 13 heteroatoms. The summed E-state index contributed by atoms with van der Waals surface area (Å²) in [5.74, 6) is -3.98. The van der Waals surface area contributed by atoms with Crippen LogP contribution >= 0.6 is 0 Å². The van der Waals surface area contributed by atoms with Crippen molar-refractivity contribution >= 4 is 29.7 Å². The Labute approximate surface area is 168 Å². The second-order valence-electron chi connectivity index (χ2n) is 6.59. The Bertz CT molecular complexity index is 607. The Kier molecular flexibility index (Phi) is 11.9. The van der Waals surface area contributed by atoms with E-state index in [4.69, 9.17) is 17.2 Å². The van der Waals surface area contributed by atoms with Crippen molar-refractivity contribution in [3.05, 3.63) is 0 Å². The minimum Gasteiger partial charge on any atom is -0.480 e. The standard InChI is InChI=1S/C16H31N7O6/c1-8(2)12(15(28)29)23-13(26)9(4-3-5-20-16(18)19)22-14(27)10(7-24)21-11(25)6-17/h8-10,12,24H,3-7,17H2,1-2H3,(H,21,25)(H,22,27)(H,23,26)(H,28,29)(H4,18,19,20)/t9-,10-,12-/m0/s1. The second kappa shape index (κ2) is 13.3. The van der Waals surface area contributed by atoms with E-state index in [-0.39, 0.29) is 25.5 Å². The van der Waals surface area contributed by atoms with Gasteiger partial charge in [-0.15, -0.1) is 0 Å². The van der Waals surface area contributed by atoms with Gasteiger partial charge in [-0.3, -0.25) is 19.4 Å². The fourth-order valence-electron chi connectivity index (χ4n) is 2.26. The number of carbonyl (C=O) groups excluding carboxylic acids is 3. The van der Waals surface area contributed by atoms with Crippen molar-refractivity contribution in [3.63, 3.8) is 0 Å². The molecule has 0 bridgehead atoms. The van der Waals surface area contributed by atoms with Gasteiger partial charge in [0.25, 0.3) is 0 Å². The first-order valence-electron chi connectivity index (χ1n) is 9.02. The molecule has 0 aliphatic rings. The number of rotatable bonds is 13. The summed E-state index contributed by atoms with van der Waals surface area (Å²) in [5.41, 5.74) is 15.6. The predicted molar refractivity (Wildman–Crippen MR) is 104 cm³/mol. The van der Waals surface area contributed by atoms with Gasteiger partial charge in [0, 0.05) is 6.54 Å². The van der Waals surface area contributed by atoms with E-state index < -0.39 is 54.3 Å². The molecule has 0 spiro atoms. The normalized spacial score (nSPS) is 13.7. The largest absolute Gasteiger partial charge is 0.480 e. The summed E-state index contributed by atoms with van der Waals surface area (Å²) in [6.07, 6.45) is 0.385. The van der Waals surface area contributed by atoms with E-state index in [1.54, 1.807) is 13.8 Å². The molecule has 0 unspecified atom stereocenters. The molecule has 0 heterocycles. The fourth-order valence-corrected chi connectivity index (χ4v) is 2.26. The lowest BCUT2D eigenvalue weighted by molar-refractivity contribution is -0.143. The van der Waals surface area contributed by atoms with E-state index in [0.29, 0.717) is 6.42 Å². The van der Waals surface area contributed by atoms with E-state index in [1.165, 1.54) is 0 Å². The van der Waals surface area contributed by atoms with Crippen LogP contribution in [0.25, 0.3) is 0 Å².